The van der Waals surface area contributed by atoms with Gasteiger partial charge >= 0.3 is 0 Å². The average Bonchev–Trinajstić information content (AvgIpc) is 3.10. The van der Waals surface area contributed by atoms with Crippen molar-refractivity contribution in [2.75, 3.05) is 19.8 Å². The van der Waals surface area contributed by atoms with Crippen LogP contribution in [0.4, 0.5) is 0 Å². The molecule has 1 N–H and O–H groups in total. The summed E-state index contributed by atoms with van der Waals surface area (Å²) in [5, 5.41) is 13.2. The highest BCUT2D eigenvalue weighted by Gasteiger charge is 2.27. The Morgan fingerprint density at radius 2 is 2.38 bits per heavy atom. The van der Waals surface area contributed by atoms with E-state index in [0.717, 1.165) is 27.1 Å². The zero-order valence-electron chi connectivity index (χ0n) is 11.7. The number of aromatic nitrogens is 1. The Labute approximate surface area is 132 Å². The van der Waals surface area contributed by atoms with E-state index in [1.165, 1.54) is 11.3 Å². The number of rotatable bonds is 4. The number of aliphatic hydroxyl groups is 1. The number of morpholine rings is 1. The van der Waals surface area contributed by atoms with Crippen LogP contribution in [0.25, 0.3) is 10.6 Å². The van der Waals surface area contributed by atoms with Crippen LogP contribution in [0.3, 0.4) is 0 Å². The van der Waals surface area contributed by atoms with Crippen LogP contribution >= 0.6 is 22.9 Å². The van der Waals surface area contributed by atoms with Gasteiger partial charge in [-0.25, -0.2) is 0 Å². The molecule has 21 heavy (non-hydrogen) atoms. The maximum Gasteiger partial charge on any atom is 0.181 e. The van der Waals surface area contributed by atoms with Crippen molar-refractivity contribution in [1.29, 1.82) is 0 Å². The quantitative estimate of drug-likeness (QED) is 0.935. The molecule has 2 atom stereocenters. The second-order valence-corrected chi connectivity index (χ2v) is 6.92. The van der Waals surface area contributed by atoms with E-state index >= 15 is 0 Å². The van der Waals surface area contributed by atoms with Crippen molar-refractivity contribution in [3.63, 3.8) is 0 Å². The molecule has 3 rings (SSSR count). The summed E-state index contributed by atoms with van der Waals surface area (Å²) in [5.74, 6) is 0.770. The van der Waals surface area contributed by atoms with E-state index in [2.05, 4.69) is 17.0 Å². The molecule has 5 nitrogen and oxygen atoms in total. The van der Waals surface area contributed by atoms with Crippen LogP contribution in [0.5, 0.6) is 0 Å². The van der Waals surface area contributed by atoms with Gasteiger partial charge in [0.15, 0.2) is 5.76 Å². The lowest BCUT2D eigenvalue weighted by atomic mass is 10.1. The molecular formula is C14H17ClN2O3S. The Balaban J connectivity index is 1.77. The van der Waals surface area contributed by atoms with Crippen LogP contribution in [-0.4, -0.2) is 47.1 Å². The second-order valence-electron chi connectivity index (χ2n) is 5.20. The van der Waals surface area contributed by atoms with Crippen molar-refractivity contribution in [3.8, 4) is 10.6 Å². The van der Waals surface area contributed by atoms with Crippen molar-refractivity contribution in [2.45, 2.75) is 25.6 Å². The van der Waals surface area contributed by atoms with E-state index in [1.54, 1.807) is 6.20 Å². The number of halogens is 1. The van der Waals surface area contributed by atoms with Gasteiger partial charge in [-0.2, -0.15) is 0 Å². The first-order valence-electron chi connectivity index (χ1n) is 6.83. The van der Waals surface area contributed by atoms with E-state index < -0.39 is 0 Å². The molecule has 3 heterocycles. The molecule has 1 aliphatic rings. The molecule has 114 valence electrons. The van der Waals surface area contributed by atoms with Crippen LogP contribution in [-0.2, 0) is 11.3 Å². The van der Waals surface area contributed by atoms with Crippen molar-refractivity contribution < 1.29 is 14.4 Å². The number of hydrogen-bond acceptors (Lipinski definition) is 6. The van der Waals surface area contributed by atoms with Gasteiger partial charge in [0, 0.05) is 24.7 Å². The minimum Gasteiger partial charge on any atom is -0.394 e. The zero-order valence-corrected chi connectivity index (χ0v) is 13.2. The molecule has 2 aromatic rings. The summed E-state index contributed by atoms with van der Waals surface area (Å²) in [4.78, 5) is 3.25. The summed E-state index contributed by atoms with van der Waals surface area (Å²) >= 11 is 7.46. The predicted octanol–water partition coefficient (Wildman–Crippen LogP) is 2.64. The lowest BCUT2D eigenvalue weighted by Crippen LogP contribution is -2.48. The van der Waals surface area contributed by atoms with Crippen LogP contribution in [0, 0.1) is 0 Å². The lowest BCUT2D eigenvalue weighted by Gasteiger charge is -2.37. The maximum absolute atomic E-state index is 9.26. The normalized spacial score (nSPS) is 23.6. The molecule has 0 aliphatic carbocycles. The Hall–Kier alpha value is -0.920. The topological polar surface area (TPSA) is 58.7 Å². The summed E-state index contributed by atoms with van der Waals surface area (Å²) in [7, 11) is 0. The summed E-state index contributed by atoms with van der Waals surface area (Å²) in [6, 6.07) is 4.09. The zero-order chi connectivity index (χ0) is 14.8. The highest BCUT2D eigenvalue weighted by atomic mass is 35.5. The van der Waals surface area contributed by atoms with Crippen molar-refractivity contribution >= 4 is 22.9 Å². The molecule has 2 aromatic heterocycles. The predicted molar refractivity (Wildman–Crippen MR) is 81.5 cm³/mol. The van der Waals surface area contributed by atoms with Gasteiger partial charge in [-0.1, -0.05) is 16.8 Å². The van der Waals surface area contributed by atoms with Gasteiger partial charge in [0.2, 0.25) is 0 Å². The Morgan fingerprint density at radius 1 is 1.52 bits per heavy atom. The van der Waals surface area contributed by atoms with Crippen LogP contribution in [0.2, 0.25) is 4.34 Å². The lowest BCUT2D eigenvalue weighted by molar-refractivity contribution is -0.0805. The third kappa shape index (κ3) is 3.30. The Morgan fingerprint density at radius 3 is 3.10 bits per heavy atom. The molecule has 7 heteroatoms. The van der Waals surface area contributed by atoms with Gasteiger partial charge in [0.1, 0.15) is 0 Å². The monoisotopic (exact) mass is 328 g/mol. The standard InChI is InChI=1S/C14H17ClN2O3S/c1-9-8-19-11(7-18)6-17(9)5-10-4-16-20-14(10)12-2-3-13(15)21-12/h2-4,9,11,18H,5-8H2,1H3. The molecule has 1 saturated heterocycles. The fraction of sp³-hybridized carbons (Fsp3) is 0.500. The Kier molecular flexibility index (Phi) is 4.61. The average molecular weight is 329 g/mol. The fourth-order valence-electron chi connectivity index (χ4n) is 2.44. The van der Waals surface area contributed by atoms with Crippen LogP contribution < -0.4 is 0 Å². The van der Waals surface area contributed by atoms with Crippen molar-refractivity contribution in [3.05, 3.63) is 28.2 Å². The minimum absolute atomic E-state index is 0.0419. The second kappa shape index (κ2) is 6.46. The van der Waals surface area contributed by atoms with E-state index in [0.29, 0.717) is 19.2 Å². The molecular weight excluding hydrogens is 312 g/mol. The number of aliphatic hydroxyl groups excluding tert-OH is 1. The number of nitrogens with zero attached hydrogens (tertiary/aromatic N) is 2. The summed E-state index contributed by atoms with van der Waals surface area (Å²) in [6.45, 7) is 4.20. The SMILES string of the molecule is CC1COC(CO)CN1Cc1cnoc1-c1ccc(Cl)s1. The van der Waals surface area contributed by atoms with Gasteiger partial charge in [0.25, 0.3) is 0 Å². The molecule has 1 fully saturated rings. The van der Waals surface area contributed by atoms with E-state index in [-0.39, 0.29) is 12.7 Å². The highest BCUT2D eigenvalue weighted by molar-refractivity contribution is 7.19. The van der Waals surface area contributed by atoms with Gasteiger partial charge < -0.3 is 14.4 Å². The Bertz CT molecular complexity index is 601. The van der Waals surface area contributed by atoms with Gasteiger partial charge in [-0.3, -0.25) is 4.90 Å². The first kappa shape index (κ1) is 15.0. The fourth-order valence-corrected chi connectivity index (χ4v) is 3.49. The summed E-state index contributed by atoms with van der Waals surface area (Å²) < 4.78 is 11.7. The van der Waals surface area contributed by atoms with Crippen molar-refractivity contribution in [2.24, 2.45) is 0 Å². The van der Waals surface area contributed by atoms with Crippen LogP contribution in [0.15, 0.2) is 22.9 Å². The largest absolute Gasteiger partial charge is 0.394 e. The molecule has 0 radical (unpaired) electrons. The number of thiophene rings is 1. The van der Waals surface area contributed by atoms with E-state index in [1.807, 2.05) is 12.1 Å². The molecule has 0 bridgehead atoms. The number of hydrogen-bond donors (Lipinski definition) is 1. The number of ether oxygens (including phenoxy) is 1. The molecule has 2 unspecified atom stereocenters. The smallest absolute Gasteiger partial charge is 0.181 e. The van der Waals surface area contributed by atoms with Crippen molar-refractivity contribution in [1.82, 2.24) is 10.1 Å². The first-order chi connectivity index (χ1) is 10.2. The molecule has 0 aromatic carbocycles. The minimum atomic E-state index is -0.124. The molecule has 1 aliphatic heterocycles. The third-order valence-corrected chi connectivity index (χ3v) is 4.88. The van der Waals surface area contributed by atoms with E-state index in [9.17, 15) is 5.11 Å². The highest BCUT2D eigenvalue weighted by Crippen LogP contribution is 2.33. The maximum atomic E-state index is 9.26. The van der Waals surface area contributed by atoms with Gasteiger partial charge in [-0.15, -0.1) is 11.3 Å². The molecule has 0 saturated carbocycles. The van der Waals surface area contributed by atoms with E-state index in [4.69, 9.17) is 20.9 Å². The van der Waals surface area contributed by atoms with Gasteiger partial charge in [-0.05, 0) is 19.1 Å². The van der Waals surface area contributed by atoms with Crippen LogP contribution in [0.1, 0.15) is 12.5 Å². The third-order valence-electron chi connectivity index (χ3n) is 3.65. The summed E-state index contributed by atoms with van der Waals surface area (Å²) in [5.41, 5.74) is 1.03. The molecule has 0 amide bonds. The molecule has 0 spiro atoms. The van der Waals surface area contributed by atoms with Gasteiger partial charge in [0.05, 0.1) is 34.7 Å². The first-order valence-corrected chi connectivity index (χ1v) is 8.02. The summed E-state index contributed by atoms with van der Waals surface area (Å²) in [6.07, 6.45) is 1.62.